The Hall–Kier alpha value is -2.05. The van der Waals surface area contributed by atoms with Crippen molar-refractivity contribution < 1.29 is 14.7 Å². The van der Waals surface area contributed by atoms with Crippen LogP contribution in [0, 0.1) is 0 Å². The molecule has 7 heteroatoms. The van der Waals surface area contributed by atoms with E-state index in [2.05, 4.69) is 15.3 Å². The maximum atomic E-state index is 12.1. The second-order valence-corrected chi connectivity index (χ2v) is 4.71. The minimum Gasteiger partial charge on any atom is -0.481 e. The van der Waals surface area contributed by atoms with Crippen molar-refractivity contribution in [2.45, 2.75) is 38.3 Å². The van der Waals surface area contributed by atoms with Crippen LogP contribution in [0.5, 0.6) is 0 Å². The van der Waals surface area contributed by atoms with Gasteiger partial charge in [-0.1, -0.05) is 0 Å². The van der Waals surface area contributed by atoms with Crippen LogP contribution < -0.4 is 5.32 Å². The molecule has 1 heterocycles. The third-order valence-corrected chi connectivity index (χ3v) is 3.08. The van der Waals surface area contributed by atoms with Crippen LogP contribution in [0.1, 0.15) is 38.1 Å². The van der Waals surface area contributed by atoms with Crippen molar-refractivity contribution in [3.05, 3.63) is 18.2 Å². The van der Waals surface area contributed by atoms with Gasteiger partial charge in [0.25, 0.3) is 0 Å². The Balaban J connectivity index is 1.90. The van der Waals surface area contributed by atoms with Gasteiger partial charge in [0.1, 0.15) is 5.82 Å². The molecule has 1 fully saturated rings. The molecule has 0 aliphatic heterocycles. The van der Waals surface area contributed by atoms with Gasteiger partial charge < -0.3 is 20.3 Å². The van der Waals surface area contributed by atoms with Crippen LogP contribution >= 0.6 is 0 Å². The zero-order valence-electron chi connectivity index (χ0n) is 10.8. The smallest absolute Gasteiger partial charge is 0.318 e. The number of nitrogens with one attached hydrogen (secondary N) is 2. The van der Waals surface area contributed by atoms with Crippen LogP contribution in [-0.2, 0) is 4.79 Å². The topological polar surface area (TPSA) is 98.3 Å². The third-order valence-electron chi connectivity index (χ3n) is 3.08. The van der Waals surface area contributed by atoms with Gasteiger partial charge in [-0.2, -0.15) is 0 Å². The van der Waals surface area contributed by atoms with Crippen LogP contribution in [0.4, 0.5) is 4.79 Å². The van der Waals surface area contributed by atoms with E-state index >= 15 is 0 Å². The lowest BCUT2D eigenvalue weighted by Crippen LogP contribution is -2.43. The van der Waals surface area contributed by atoms with Crippen LogP contribution in [0.25, 0.3) is 0 Å². The Morgan fingerprint density at radius 2 is 2.37 bits per heavy atom. The van der Waals surface area contributed by atoms with E-state index in [1.54, 1.807) is 17.3 Å². The summed E-state index contributed by atoms with van der Waals surface area (Å²) in [4.78, 5) is 31.4. The molecule has 1 aliphatic carbocycles. The van der Waals surface area contributed by atoms with E-state index in [4.69, 9.17) is 5.11 Å². The Morgan fingerprint density at radius 1 is 1.63 bits per heavy atom. The summed E-state index contributed by atoms with van der Waals surface area (Å²) in [5, 5.41) is 11.5. The molecular formula is C12H18N4O3. The molecule has 0 spiro atoms. The number of aromatic amines is 1. The summed E-state index contributed by atoms with van der Waals surface area (Å²) < 4.78 is 0. The van der Waals surface area contributed by atoms with Gasteiger partial charge in [-0.25, -0.2) is 9.78 Å². The van der Waals surface area contributed by atoms with Crippen LogP contribution in [0.3, 0.4) is 0 Å². The van der Waals surface area contributed by atoms with Crippen molar-refractivity contribution in [1.29, 1.82) is 0 Å². The number of rotatable bonds is 6. The monoisotopic (exact) mass is 266 g/mol. The highest BCUT2D eigenvalue weighted by Crippen LogP contribution is 2.27. The minimum absolute atomic E-state index is 0.0287. The van der Waals surface area contributed by atoms with Crippen molar-refractivity contribution in [3.8, 4) is 0 Å². The highest BCUT2D eigenvalue weighted by atomic mass is 16.4. The molecule has 1 aromatic heterocycles. The molecule has 19 heavy (non-hydrogen) atoms. The average molecular weight is 266 g/mol. The molecule has 7 nitrogen and oxygen atoms in total. The summed E-state index contributed by atoms with van der Waals surface area (Å²) in [7, 11) is 0. The van der Waals surface area contributed by atoms with E-state index < -0.39 is 5.97 Å². The number of nitrogens with zero attached hydrogens (tertiary/aromatic N) is 2. The van der Waals surface area contributed by atoms with Crippen molar-refractivity contribution in [2.75, 3.05) is 6.54 Å². The number of carboxylic acids is 1. The van der Waals surface area contributed by atoms with Crippen molar-refractivity contribution >= 4 is 12.0 Å². The van der Waals surface area contributed by atoms with Crippen molar-refractivity contribution in [1.82, 2.24) is 20.2 Å². The Morgan fingerprint density at radius 3 is 2.89 bits per heavy atom. The molecule has 0 bridgehead atoms. The van der Waals surface area contributed by atoms with Crippen molar-refractivity contribution in [2.24, 2.45) is 0 Å². The number of amides is 2. The normalized spacial score (nSPS) is 15.8. The van der Waals surface area contributed by atoms with E-state index in [0.717, 1.165) is 12.8 Å². The predicted octanol–water partition coefficient (Wildman–Crippen LogP) is 1.12. The fourth-order valence-corrected chi connectivity index (χ4v) is 1.90. The lowest BCUT2D eigenvalue weighted by atomic mass is 10.3. The molecule has 0 saturated heterocycles. The van der Waals surface area contributed by atoms with E-state index in [-0.39, 0.29) is 31.1 Å². The van der Waals surface area contributed by atoms with E-state index in [9.17, 15) is 9.59 Å². The molecule has 1 atom stereocenters. The lowest BCUT2D eigenvalue weighted by molar-refractivity contribution is -0.137. The minimum atomic E-state index is -0.891. The SMILES string of the molecule is CC(NC(=O)N(CCC(=O)O)C1CC1)c1ncc[nH]1. The van der Waals surface area contributed by atoms with Gasteiger partial charge in [0.2, 0.25) is 0 Å². The summed E-state index contributed by atoms with van der Waals surface area (Å²) in [6, 6.07) is -0.274. The Labute approximate surface area is 111 Å². The summed E-state index contributed by atoms with van der Waals surface area (Å²) in [5.74, 6) is -0.208. The zero-order chi connectivity index (χ0) is 13.8. The molecule has 1 unspecified atom stereocenters. The third kappa shape index (κ3) is 3.70. The number of carbonyl (C=O) groups is 2. The van der Waals surface area contributed by atoms with E-state index in [1.807, 2.05) is 6.92 Å². The Bertz CT molecular complexity index is 442. The first-order valence-electron chi connectivity index (χ1n) is 6.36. The van der Waals surface area contributed by atoms with Crippen molar-refractivity contribution in [3.63, 3.8) is 0 Å². The van der Waals surface area contributed by atoms with E-state index in [0.29, 0.717) is 5.82 Å². The lowest BCUT2D eigenvalue weighted by Gasteiger charge is -2.24. The molecule has 2 amide bonds. The van der Waals surface area contributed by atoms with Gasteiger partial charge in [-0.15, -0.1) is 0 Å². The van der Waals surface area contributed by atoms with Crippen LogP contribution in [0.15, 0.2) is 12.4 Å². The first kappa shape index (κ1) is 13.4. The quantitative estimate of drug-likeness (QED) is 0.718. The highest BCUT2D eigenvalue weighted by molar-refractivity contribution is 5.76. The number of H-pyrrole nitrogens is 1. The largest absolute Gasteiger partial charge is 0.481 e. The molecule has 0 radical (unpaired) electrons. The second-order valence-electron chi connectivity index (χ2n) is 4.71. The van der Waals surface area contributed by atoms with Gasteiger partial charge in [0.15, 0.2) is 0 Å². The zero-order valence-corrected chi connectivity index (χ0v) is 10.8. The molecule has 3 N–H and O–H groups in total. The number of carboxylic acid groups (broad SMARTS) is 1. The van der Waals surface area contributed by atoms with Crippen LogP contribution in [0.2, 0.25) is 0 Å². The standard InChI is InChI=1S/C12H18N4O3/c1-8(11-13-5-6-14-11)15-12(19)16(9-2-3-9)7-4-10(17)18/h5-6,8-9H,2-4,7H2,1H3,(H,13,14)(H,15,19)(H,17,18). The number of urea groups is 1. The second kappa shape index (κ2) is 5.73. The molecule has 0 aromatic carbocycles. The number of hydrogen-bond acceptors (Lipinski definition) is 3. The average Bonchev–Trinajstić information content (AvgIpc) is 3.03. The molecular weight excluding hydrogens is 248 g/mol. The first-order valence-corrected chi connectivity index (χ1v) is 6.36. The van der Waals surface area contributed by atoms with E-state index in [1.165, 1.54) is 0 Å². The maximum absolute atomic E-state index is 12.1. The van der Waals surface area contributed by atoms with Gasteiger partial charge in [-0.05, 0) is 19.8 Å². The predicted molar refractivity (Wildman–Crippen MR) is 67.5 cm³/mol. The van der Waals surface area contributed by atoms with Gasteiger partial charge in [0.05, 0.1) is 12.5 Å². The maximum Gasteiger partial charge on any atom is 0.318 e. The number of imidazole rings is 1. The summed E-state index contributed by atoms with van der Waals surface area (Å²) in [6.45, 7) is 2.08. The number of hydrogen-bond donors (Lipinski definition) is 3. The molecule has 2 rings (SSSR count). The fourth-order valence-electron chi connectivity index (χ4n) is 1.90. The van der Waals surface area contributed by atoms with Gasteiger partial charge >= 0.3 is 12.0 Å². The first-order chi connectivity index (χ1) is 9.08. The Kier molecular flexibility index (Phi) is 4.03. The molecule has 1 aliphatic rings. The van der Waals surface area contributed by atoms with Gasteiger partial charge in [0, 0.05) is 25.0 Å². The number of aliphatic carboxylic acids is 1. The van der Waals surface area contributed by atoms with Crippen LogP contribution in [-0.4, -0.2) is 44.6 Å². The summed E-state index contributed by atoms with van der Waals surface area (Å²) in [6.07, 6.45) is 5.19. The molecule has 1 aromatic rings. The summed E-state index contributed by atoms with van der Waals surface area (Å²) in [5.41, 5.74) is 0. The fraction of sp³-hybridized carbons (Fsp3) is 0.583. The number of carbonyl (C=O) groups excluding carboxylic acids is 1. The molecule has 1 saturated carbocycles. The highest BCUT2D eigenvalue weighted by Gasteiger charge is 2.33. The number of aromatic nitrogens is 2. The van der Waals surface area contributed by atoms with Gasteiger partial charge in [-0.3, -0.25) is 4.79 Å². The summed E-state index contributed by atoms with van der Waals surface area (Å²) >= 11 is 0. The molecule has 104 valence electrons.